The largest absolute Gasteiger partial charge is 0.481 e. The minimum Gasteiger partial charge on any atom is -0.481 e. The van der Waals surface area contributed by atoms with E-state index in [9.17, 15) is 4.79 Å². The second-order valence-electron chi connectivity index (χ2n) is 6.35. The summed E-state index contributed by atoms with van der Waals surface area (Å²) in [6, 6.07) is 0. The van der Waals surface area contributed by atoms with E-state index in [1.54, 1.807) is 0 Å². The summed E-state index contributed by atoms with van der Waals surface area (Å²) in [7, 11) is 0. The van der Waals surface area contributed by atoms with Crippen LogP contribution in [0, 0.1) is 0 Å². The number of aromatic nitrogens is 2. The minimum atomic E-state index is -0.809. The summed E-state index contributed by atoms with van der Waals surface area (Å²) in [5, 5.41) is 9.58. The van der Waals surface area contributed by atoms with E-state index in [-0.39, 0.29) is 17.9 Å². The Balaban J connectivity index is 1.81. The van der Waals surface area contributed by atoms with Crippen molar-refractivity contribution < 1.29 is 14.6 Å². The Hall–Kier alpha value is -1.21. The topological polar surface area (TPSA) is 75.6 Å². The fourth-order valence-corrected chi connectivity index (χ4v) is 3.08. The van der Waals surface area contributed by atoms with Gasteiger partial charge in [-0.3, -0.25) is 4.79 Å². The summed E-state index contributed by atoms with van der Waals surface area (Å²) in [6.45, 7) is 8.41. The Kier molecular flexibility index (Phi) is 5.16. The zero-order chi connectivity index (χ0) is 15.5. The van der Waals surface area contributed by atoms with Crippen LogP contribution in [-0.2, 0) is 14.9 Å². The molecule has 21 heavy (non-hydrogen) atoms. The molecule has 1 saturated heterocycles. The van der Waals surface area contributed by atoms with Gasteiger partial charge in [-0.05, 0) is 12.8 Å². The lowest BCUT2D eigenvalue weighted by molar-refractivity contribution is -0.138. The lowest BCUT2D eigenvalue weighted by atomic mass is 9.96. The van der Waals surface area contributed by atoms with Gasteiger partial charge in [0.1, 0.15) is 5.82 Å². The number of carboxylic acids is 1. The van der Waals surface area contributed by atoms with Gasteiger partial charge >= 0.3 is 5.97 Å². The Labute approximate surface area is 129 Å². The van der Waals surface area contributed by atoms with E-state index in [1.807, 2.05) is 0 Å². The maximum atomic E-state index is 10.5. The third kappa shape index (κ3) is 4.64. The Bertz CT molecular complexity index is 476. The van der Waals surface area contributed by atoms with Crippen molar-refractivity contribution >= 4 is 22.6 Å². The summed E-state index contributed by atoms with van der Waals surface area (Å²) < 4.78 is 10.0. The van der Waals surface area contributed by atoms with Gasteiger partial charge in [-0.2, -0.15) is 4.37 Å². The minimum absolute atomic E-state index is 0.0208. The van der Waals surface area contributed by atoms with Crippen molar-refractivity contribution in [1.29, 1.82) is 0 Å². The zero-order valence-corrected chi connectivity index (χ0v) is 13.7. The molecule has 0 aromatic carbocycles. The monoisotopic (exact) mass is 313 g/mol. The maximum absolute atomic E-state index is 10.5. The van der Waals surface area contributed by atoms with Crippen molar-refractivity contribution in [3.63, 3.8) is 0 Å². The molecule has 0 spiro atoms. The van der Waals surface area contributed by atoms with Crippen LogP contribution in [0.3, 0.4) is 0 Å². The molecule has 1 aromatic heterocycles. The van der Waals surface area contributed by atoms with Crippen molar-refractivity contribution in [2.45, 2.75) is 51.6 Å². The highest BCUT2D eigenvalue weighted by Gasteiger charge is 2.25. The molecular weight excluding hydrogens is 290 g/mol. The molecular formula is C14H23N3O3S. The number of ether oxygens (including phenoxy) is 1. The average molecular weight is 313 g/mol. The van der Waals surface area contributed by atoms with Crippen LogP contribution in [0.4, 0.5) is 5.13 Å². The lowest BCUT2D eigenvalue weighted by Crippen LogP contribution is -2.37. The third-order valence-corrected chi connectivity index (χ3v) is 4.25. The number of rotatable bonds is 5. The quantitative estimate of drug-likeness (QED) is 0.899. The molecule has 0 aliphatic carbocycles. The second-order valence-corrected chi connectivity index (χ2v) is 7.08. The van der Waals surface area contributed by atoms with Gasteiger partial charge in [0, 0.05) is 30.0 Å². The molecule has 1 aliphatic rings. The van der Waals surface area contributed by atoms with Crippen LogP contribution in [0.25, 0.3) is 0 Å². The summed E-state index contributed by atoms with van der Waals surface area (Å²) in [4.78, 5) is 17.3. The standard InChI is InChI=1S/C14H23N3O3S/c1-14(2,3)12-15-13(21-16-12)17-7-4-10(5-8-17)20-9-6-11(18)19/h10H,4-9H2,1-3H3,(H,18,19). The van der Waals surface area contributed by atoms with Crippen molar-refractivity contribution in [3.05, 3.63) is 5.82 Å². The molecule has 1 aromatic rings. The molecule has 0 amide bonds. The fraction of sp³-hybridized carbons (Fsp3) is 0.786. The first-order valence-corrected chi connectivity index (χ1v) is 8.06. The number of aliphatic carboxylic acids is 1. The summed E-state index contributed by atoms with van der Waals surface area (Å²) in [6.07, 6.45) is 2.05. The highest BCUT2D eigenvalue weighted by atomic mass is 32.1. The Morgan fingerprint density at radius 2 is 2.10 bits per heavy atom. The maximum Gasteiger partial charge on any atom is 0.305 e. The summed E-state index contributed by atoms with van der Waals surface area (Å²) >= 11 is 1.45. The first kappa shape index (κ1) is 16.2. The number of anilines is 1. The van der Waals surface area contributed by atoms with Gasteiger partial charge in [0.25, 0.3) is 0 Å². The number of carbonyl (C=O) groups is 1. The molecule has 7 heteroatoms. The van der Waals surface area contributed by atoms with E-state index in [1.165, 1.54) is 11.5 Å². The van der Waals surface area contributed by atoms with Gasteiger partial charge in [-0.15, -0.1) is 0 Å². The summed E-state index contributed by atoms with van der Waals surface area (Å²) in [5.74, 6) is 0.0818. The van der Waals surface area contributed by atoms with Crippen LogP contribution < -0.4 is 4.90 Å². The second kappa shape index (κ2) is 6.70. The fourth-order valence-electron chi connectivity index (χ4n) is 2.18. The van der Waals surface area contributed by atoms with Gasteiger partial charge in [-0.25, -0.2) is 4.98 Å². The smallest absolute Gasteiger partial charge is 0.305 e. The molecule has 0 atom stereocenters. The van der Waals surface area contributed by atoms with E-state index in [0.717, 1.165) is 36.9 Å². The molecule has 0 unspecified atom stereocenters. The predicted molar refractivity (Wildman–Crippen MR) is 82.0 cm³/mol. The average Bonchev–Trinajstić information content (AvgIpc) is 2.88. The molecule has 118 valence electrons. The first-order chi connectivity index (χ1) is 9.86. The normalized spacial score (nSPS) is 17.2. The van der Waals surface area contributed by atoms with Crippen LogP contribution in [-0.4, -0.2) is 46.2 Å². The Morgan fingerprint density at radius 3 is 2.62 bits per heavy atom. The number of hydrogen-bond donors (Lipinski definition) is 1. The molecule has 0 saturated carbocycles. The van der Waals surface area contributed by atoms with Gasteiger partial charge < -0.3 is 14.7 Å². The van der Waals surface area contributed by atoms with Crippen LogP contribution in [0.2, 0.25) is 0 Å². The molecule has 1 aliphatic heterocycles. The van der Waals surface area contributed by atoms with E-state index < -0.39 is 5.97 Å². The SMILES string of the molecule is CC(C)(C)c1nsc(N2CCC(OCCC(=O)O)CC2)n1. The third-order valence-electron chi connectivity index (χ3n) is 3.47. The Morgan fingerprint density at radius 1 is 1.43 bits per heavy atom. The van der Waals surface area contributed by atoms with Crippen molar-refractivity contribution in [1.82, 2.24) is 9.36 Å². The van der Waals surface area contributed by atoms with Crippen molar-refractivity contribution in [3.8, 4) is 0 Å². The van der Waals surface area contributed by atoms with E-state index in [4.69, 9.17) is 9.84 Å². The number of nitrogens with zero attached hydrogens (tertiary/aromatic N) is 3. The summed E-state index contributed by atoms with van der Waals surface area (Å²) in [5.41, 5.74) is -0.0208. The van der Waals surface area contributed by atoms with Gasteiger partial charge in [0.15, 0.2) is 0 Å². The van der Waals surface area contributed by atoms with E-state index in [0.29, 0.717) is 6.61 Å². The van der Waals surface area contributed by atoms with Crippen molar-refractivity contribution in [2.24, 2.45) is 0 Å². The van der Waals surface area contributed by atoms with Crippen molar-refractivity contribution in [2.75, 3.05) is 24.6 Å². The van der Waals surface area contributed by atoms with Crippen LogP contribution in [0.15, 0.2) is 0 Å². The van der Waals surface area contributed by atoms with Gasteiger partial charge in [-0.1, -0.05) is 20.8 Å². The number of hydrogen-bond acceptors (Lipinski definition) is 6. The van der Waals surface area contributed by atoms with Gasteiger partial charge in [0.05, 0.1) is 19.1 Å². The molecule has 1 N–H and O–H groups in total. The number of piperidine rings is 1. The molecule has 0 bridgehead atoms. The molecule has 6 nitrogen and oxygen atoms in total. The number of carboxylic acid groups (broad SMARTS) is 1. The zero-order valence-electron chi connectivity index (χ0n) is 12.8. The van der Waals surface area contributed by atoms with Gasteiger partial charge in [0.2, 0.25) is 5.13 Å². The molecule has 2 rings (SSSR count). The predicted octanol–water partition coefficient (Wildman–Crippen LogP) is 2.30. The van der Waals surface area contributed by atoms with E-state index in [2.05, 4.69) is 35.0 Å². The van der Waals surface area contributed by atoms with E-state index >= 15 is 0 Å². The molecule has 1 fully saturated rings. The molecule has 0 radical (unpaired) electrons. The highest BCUT2D eigenvalue weighted by molar-refractivity contribution is 7.09. The van der Waals surface area contributed by atoms with Crippen LogP contribution in [0.5, 0.6) is 0 Å². The lowest BCUT2D eigenvalue weighted by Gasteiger charge is -2.31. The van der Waals surface area contributed by atoms with Crippen LogP contribution in [0.1, 0.15) is 45.9 Å². The first-order valence-electron chi connectivity index (χ1n) is 7.29. The highest BCUT2D eigenvalue weighted by Crippen LogP contribution is 2.27. The van der Waals surface area contributed by atoms with Crippen LogP contribution >= 0.6 is 11.5 Å². The molecule has 2 heterocycles.